The summed E-state index contributed by atoms with van der Waals surface area (Å²) in [6.07, 6.45) is 0.923. The fourth-order valence-corrected chi connectivity index (χ4v) is 4.29. The van der Waals surface area contributed by atoms with Crippen LogP contribution in [0.3, 0.4) is 0 Å². The number of benzene rings is 3. The molecule has 3 rings (SSSR count). The molecule has 30 heavy (non-hydrogen) atoms. The van der Waals surface area contributed by atoms with E-state index in [0.717, 1.165) is 5.56 Å². The van der Waals surface area contributed by atoms with Gasteiger partial charge < -0.3 is 10.1 Å². The Kier molecular flexibility index (Phi) is 6.74. The Bertz CT molecular complexity index is 1110. The normalized spacial score (nSPS) is 11.0. The zero-order valence-corrected chi connectivity index (χ0v) is 17.7. The van der Waals surface area contributed by atoms with Gasteiger partial charge in [-0.15, -0.1) is 0 Å². The number of methoxy groups -OCH3 is 1. The van der Waals surface area contributed by atoms with Gasteiger partial charge in [0.2, 0.25) is 5.91 Å². The molecule has 1 amide bonds. The molecule has 0 saturated heterocycles. The Labute approximate surface area is 177 Å². The average Bonchev–Trinajstić information content (AvgIpc) is 2.74. The largest absolute Gasteiger partial charge is 0.497 e. The number of amides is 1. The lowest BCUT2D eigenvalue weighted by Gasteiger charge is -2.13. The summed E-state index contributed by atoms with van der Waals surface area (Å²) >= 11 is 0. The first kappa shape index (κ1) is 21.4. The molecule has 0 fully saturated rings. The fraction of sp³-hybridized carbons (Fsp3) is 0.174. The summed E-state index contributed by atoms with van der Waals surface area (Å²) in [6.45, 7) is 1.71. The Morgan fingerprint density at radius 1 is 0.933 bits per heavy atom. The van der Waals surface area contributed by atoms with Gasteiger partial charge in [-0.05, 0) is 60.9 Å². The van der Waals surface area contributed by atoms with E-state index in [2.05, 4.69) is 10.0 Å². The zero-order chi connectivity index (χ0) is 21.6. The minimum Gasteiger partial charge on any atom is -0.497 e. The molecule has 3 aromatic carbocycles. The van der Waals surface area contributed by atoms with Crippen molar-refractivity contribution >= 4 is 27.3 Å². The van der Waals surface area contributed by atoms with Gasteiger partial charge in [0.1, 0.15) is 5.75 Å². The lowest BCUT2D eigenvalue weighted by atomic mass is 10.1. The molecule has 3 aromatic rings. The Morgan fingerprint density at radius 2 is 1.60 bits per heavy atom. The maximum Gasteiger partial charge on any atom is 0.262 e. The predicted octanol–water partition coefficient (Wildman–Crippen LogP) is 4.38. The van der Waals surface area contributed by atoms with Crippen LogP contribution in [-0.4, -0.2) is 21.4 Å². The molecule has 0 aromatic heterocycles. The first-order valence-corrected chi connectivity index (χ1v) is 11.0. The number of hydrogen-bond acceptors (Lipinski definition) is 4. The quantitative estimate of drug-likeness (QED) is 0.562. The lowest BCUT2D eigenvalue weighted by Crippen LogP contribution is -2.16. The van der Waals surface area contributed by atoms with E-state index in [-0.39, 0.29) is 10.8 Å². The molecule has 6 nitrogen and oxygen atoms in total. The number of carbonyl (C=O) groups excluding carboxylic acids is 1. The molecule has 0 aliphatic carbocycles. The molecule has 0 spiro atoms. The van der Waals surface area contributed by atoms with Crippen molar-refractivity contribution < 1.29 is 17.9 Å². The smallest absolute Gasteiger partial charge is 0.262 e. The Morgan fingerprint density at radius 3 is 2.27 bits per heavy atom. The van der Waals surface area contributed by atoms with E-state index < -0.39 is 10.0 Å². The van der Waals surface area contributed by atoms with Crippen LogP contribution in [-0.2, 0) is 21.2 Å². The van der Waals surface area contributed by atoms with Gasteiger partial charge in [-0.25, -0.2) is 8.42 Å². The van der Waals surface area contributed by atoms with E-state index in [1.165, 1.54) is 6.07 Å². The molecule has 156 valence electrons. The third-order valence-electron chi connectivity index (χ3n) is 4.59. The number of rotatable bonds is 8. The third-order valence-corrected chi connectivity index (χ3v) is 6.11. The van der Waals surface area contributed by atoms with E-state index in [1.54, 1.807) is 50.4 Å². The van der Waals surface area contributed by atoms with Crippen LogP contribution in [0.15, 0.2) is 77.7 Å². The van der Waals surface area contributed by atoms with E-state index in [1.807, 2.05) is 30.3 Å². The van der Waals surface area contributed by atoms with Crippen molar-refractivity contribution in [2.45, 2.75) is 24.7 Å². The second kappa shape index (κ2) is 9.45. The summed E-state index contributed by atoms with van der Waals surface area (Å²) in [4.78, 5) is 12.4. The van der Waals surface area contributed by atoms with Gasteiger partial charge in [-0.1, -0.05) is 36.4 Å². The highest BCUT2D eigenvalue weighted by molar-refractivity contribution is 7.92. The molecule has 0 unspecified atom stereocenters. The molecule has 0 aliphatic rings. The molecule has 0 heterocycles. The van der Waals surface area contributed by atoms with Gasteiger partial charge in [-0.2, -0.15) is 0 Å². The number of anilines is 2. The number of hydrogen-bond donors (Lipinski definition) is 2. The maximum absolute atomic E-state index is 12.9. The molecule has 0 bridgehead atoms. The van der Waals surface area contributed by atoms with Crippen LogP contribution in [0.5, 0.6) is 5.75 Å². The molecule has 2 N–H and O–H groups in total. The van der Waals surface area contributed by atoms with Gasteiger partial charge >= 0.3 is 0 Å². The van der Waals surface area contributed by atoms with Crippen molar-refractivity contribution in [1.82, 2.24) is 0 Å². The van der Waals surface area contributed by atoms with Crippen molar-refractivity contribution in [1.29, 1.82) is 0 Å². The number of nitrogens with one attached hydrogen (secondary N) is 2. The number of carbonyl (C=O) groups is 1. The van der Waals surface area contributed by atoms with Crippen LogP contribution in [0.25, 0.3) is 0 Å². The summed E-state index contributed by atoms with van der Waals surface area (Å²) in [5.41, 5.74) is 2.52. The van der Waals surface area contributed by atoms with E-state index in [0.29, 0.717) is 35.5 Å². The lowest BCUT2D eigenvalue weighted by molar-refractivity contribution is -0.116. The third kappa shape index (κ3) is 5.61. The van der Waals surface area contributed by atoms with Gasteiger partial charge in [0.25, 0.3) is 10.0 Å². The average molecular weight is 425 g/mol. The van der Waals surface area contributed by atoms with Gasteiger partial charge in [0.05, 0.1) is 12.0 Å². The first-order chi connectivity index (χ1) is 14.4. The van der Waals surface area contributed by atoms with E-state index in [9.17, 15) is 13.2 Å². The summed E-state index contributed by atoms with van der Waals surface area (Å²) in [6, 6.07) is 21.2. The topological polar surface area (TPSA) is 84.5 Å². The number of sulfonamides is 1. The summed E-state index contributed by atoms with van der Waals surface area (Å²) in [5.74, 6) is 0.462. The Hall–Kier alpha value is -3.32. The van der Waals surface area contributed by atoms with Gasteiger partial charge in [0, 0.05) is 17.8 Å². The SMILES string of the molecule is COc1ccc(NS(=O)(=O)c2cc(NC(=O)CCc3ccccc3)ccc2C)cc1. The zero-order valence-electron chi connectivity index (χ0n) is 16.9. The first-order valence-electron chi connectivity index (χ1n) is 9.49. The number of aryl methyl sites for hydroxylation is 2. The highest BCUT2D eigenvalue weighted by atomic mass is 32.2. The molecule has 0 radical (unpaired) electrons. The second-order valence-corrected chi connectivity index (χ2v) is 8.50. The molecular weight excluding hydrogens is 400 g/mol. The van der Waals surface area contributed by atoms with Crippen molar-refractivity contribution in [2.24, 2.45) is 0 Å². The molecule has 7 heteroatoms. The summed E-state index contributed by atoms with van der Waals surface area (Å²) in [5, 5.41) is 2.78. The number of ether oxygens (including phenoxy) is 1. The highest BCUT2D eigenvalue weighted by Gasteiger charge is 2.18. The second-order valence-electron chi connectivity index (χ2n) is 6.85. The monoisotopic (exact) mass is 424 g/mol. The maximum atomic E-state index is 12.9. The molecule has 0 aliphatic heterocycles. The molecule has 0 atom stereocenters. The van der Waals surface area contributed by atoms with Gasteiger partial charge in [0.15, 0.2) is 0 Å². The minimum atomic E-state index is -3.82. The van der Waals surface area contributed by atoms with Crippen LogP contribution in [0.2, 0.25) is 0 Å². The van der Waals surface area contributed by atoms with E-state index >= 15 is 0 Å². The molecular formula is C23H24N2O4S. The fourth-order valence-electron chi connectivity index (χ4n) is 2.96. The standard InChI is InChI=1S/C23H24N2O4S/c1-17-8-10-20(24-23(26)15-9-18-6-4-3-5-7-18)16-22(17)30(27,28)25-19-11-13-21(29-2)14-12-19/h3-8,10-14,16,25H,9,15H2,1-2H3,(H,24,26). The van der Waals surface area contributed by atoms with Crippen molar-refractivity contribution in [3.8, 4) is 5.75 Å². The highest BCUT2D eigenvalue weighted by Crippen LogP contribution is 2.24. The predicted molar refractivity (Wildman–Crippen MR) is 118 cm³/mol. The van der Waals surface area contributed by atoms with Crippen molar-refractivity contribution in [3.05, 3.63) is 83.9 Å². The summed E-state index contributed by atoms with van der Waals surface area (Å²) < 4.78 is 33.4. The van der Waals surface area contributed by atoms with Crippen LogP contribution in [0, 0.1) is 6.92 Å². The van der Waals surface area contributed by atoms with Crippen molar-refractivity contribution in [2.75, 3.05) is 17.1 Å². The van der Waals surface area contributed by atoms with Crippen LogP contribution in [0.4, 0.5) is 11.4 Å². The molecule has 0 saturated carbocycles. The van der Waals surface area contributed by atoms with Crippen molar-refractivity contribution in [3.63, 3.8) is 0 Å². The van der Waals surface area contributed by atoms with Crippen LogP contribution in [0.1, 0.15) is 17.5 Å². The summed E-state index contributed by atoms with van der Waals surface area (Å²) in [7, 11) is -2.28. The Balaban J connectivity index is 1.70. The van der Waals surface area contributed by atoms with Gasteiger partial charge in [-0.3, -0.25) is 9.52 Å². The van der Waals surface area contributed by atoms with Crippen LogP contribution >= 0.6 is 0 Å². The van der Waals surface area contributed by atoms with Crippen LogP contribution < -0.4 is 14.8 Å². The minimum absolute atomic E-state index is 0.110. The van der Waals surface area contributed by atoms with E-state index in [4.69, 9.17) is 4.74 Å².